The van der Waals surface area contributed by atoms with Crippen LogP contribution in [0.3, 0.4) is 0 Å². The number of nitrogens with zero attached hydrogens (tertiary/aromatic N) is 2. The van der Waals surface area contributed by atoms with Gasteiger partial charge >= 0.3 is 0 Å². The SMILES string of the molecule is CCC(C)(CN)N(C)S(=O)(=O)CCc1ccncc1. The van der Waals surface area contributed by atoms with Crippen molar-refractivity contribution in [1.82, 2.24) is 9.29 Å². The highest BCUT2D eigenvalue weighted by Crippen LogP contribution is 2.20. The fourth-order valence-corrected chi connectivity index (χ4v) is 3.41. The van der Waals surface area contributed by atoms with Crippen molar-refractivity contribution in [2.75, 3.05) is 19.3 Å². The van der Waals surface area contributed by atoms with Gasteiger partial charge in [-0.25, -0.2) is 8.42 Å². The standard InChI is InChI=1S/C13H23N3O2S/c1-4-13(2,11-14)16(3)19(17,18)10-7-12-5-8-15-9-6-12/h5-6,8-9H,4,7,10-11,14H2,1-3H3. The Morgan fingerprint density at radius 3 is 2.42 bits per heavy atom. The number of hydrogen-bond acceptors (Lipinski definition) is 4. The number of likely N-dealkylation sites (N-methyl/N-ethyl adjacent to an activating group) is 1. The molecule has 2 N–H and O–H groups in total. The Bertz CT molecular complexity index is 484. The lowest BCUT2D eigenvalue weighted by Crippen LogP contribution is -2.52. The molecule has 6 heteroatoms. The second-order valence-corrected chi connectivity index (χ2v) is 7.06. The van der Waals surface area contributed by atoms with Gasteiger partial charge in [0.15, 0.2) is 0 Å². The molecule has 0 radical (unpaired) electrons. The van der Waals surface area contributed by atoms with E-state index in [0.717, 1.165) is 5.56 Å². The van der Waals surface area contributed by atoms with E-state index < -0.39 is 15.6 Å². The van der Waals surface area contributed by atoms with Gasteiger partial charge in [-0.1, -0.05) is 6.92 Å². The predicted octanol–water partition coefficient (Wildman–Crippen LogP) is 1.01. The van der Waals surface area contributed by atoms with Crippen molar-refractivity contribution in [2.45, 2.75) is 32.2 Å². The van der Waals surface area contributed by atoms with Crippen molar-refractivity contribution in [3.8, 4) is 0 Å². The number of aryl methyl sites for hydroxylation is 1. The molecule has 0 saturated carbocycles. The van der Waals surface area contributed by atoms with Crippen LogP contribution in [0.4, 0.5) is 0 Å². The van der Waals surface area contributed by atoms with Crippen LogP contribution in [0.1, 0.15) is 25.8 Å². The van der Waals surface area contributed by atoms with Crippen molar-refractivity contribution >= 4 is 10.0 Å². The van der Waals surface area contributed by atoms with Crippen molar-refractivity contribution < 1.29 is 8.42 Å². The second-order valence-electron chi connectivity index (χ2n) is 4.94. The van der Waals surface area contributed by atoms with Gasteiger partial charge in [0, 0.05) is 31.5 Å². The molecule has 0 aliphatic heterocycles. The van der Waals surface area contributed by atoms with Crippen LogP contribution in [0.2, 0.25) is 0 Å². The molecule has 0 bridgehead atoms. The summed E-state index contributed by atoms with van der Waals surface area (Å²) in [5, 5.41) is 0. The Labute approximate surface area is 115 Å². The Kier molecular flexibility index (Phi) is 5.46. The van der Waals surface area contributed by atoms with E-state index in [-0.39, 0.29) is 5.75 Å². The Morgan fingerprint density at radius 2 is 1.95 bits per heavy atom. The van der Waals surface area contributed by atoms with Crippen LogP contribution in [0.5, 0.6) is 0 Å². The van der Waals surface area contributed by atoms with Gasteiger partial charge in [0.05, 0.1) is 5.75 Å². The van der Waals surface area contributed by atoms with Gasteiger partial charge in [0.25, 0.3) is 0 Å². The largest absolute Gasteiger partial charge is 0.329 e. The average Bonchev–Trinajstić information content (AvgIpc) is 2.44. The van der Waals surface area contributed by atoms with Crippen molar-refractivity contribution in [3.63, 3.8) is 0 Å². The Hall–Kier alpha value is -0.980. The Balaban J connectivity index is 2.76. The number of aromatic nitrogens is 1. The quantitative estimate of drug-likeness (QED) is 0.811. The minimum Gasteiger partial charge on any atom is -0.329 e. The van der Waals surface area contributed by atoms with Gasteiger partial charge in [-0.2, -0.15) is 4.31 Å². The van der Waals surface area contributed by atoms with E-state index in [0.29, 0.717) is 19.4 Å². The molecule has 0 aliphatic carbocycles. The highest BCUT2D eigenvalue weighted by molar-refractivity contribution is 7.89. The topological polar surface area (TPSA) is 76.3 Å². The fourth-order valence-electron chi connectivity index (χ4n) is 1.76. The van der Waals surface area contributed by atoms with Gasteiger partial charge < -0.3 is 5.73 Å². The number of hydrogen-bond donors (Lipinski definition) is 1. The lowest BCUT2D eigenvalue weighted by molar-refractivity contribution is 0.240. The maximum Gasteiger partial charge on any atom is 0.214 e. The van der Waals surface area contributed by atoms with Crippen LogP contribution < -0.4 is 5.73 Å². The zero-order valence-corrected chi connectivity index (χ0v) is 12.7. The fraction of sp³-hybridized carbons (Fsp3) is 0.615. The molecule has 1 atom stereocenters. The summed E-state index contributed by atoms with van der Waals surface area (Å²) in [5.41, 5.74) is 6.16. The number of rotatable bonds is 7. The maximum absolute atomic E-state index is 12.3. The summed E-state index contributed by atoms with van der Waals surface area (Å²) in [6.45, 7) is 4.13. The molecule has 5 nitrogen and oxygen atoms in total. The summed E-state index contributed by atoms with van der Waals surface area (Å²) >= 11 is 0. The molecular formula is C13H23N3O2S. The van der Waals surface area contributed by atoms with E-state index in [1.165, 1.54) is 4.31 Å². The van der Waals surface area contributed by atoms with Gasteiger partial charge in [-0.15, -0.1) is 0 Å². The molecule has 0 spiro atoms. The zero-order chi connectivity index (χ0) is 14.5. The van der Waals surface area contributed by atoms with Crippen LogP contribution >= 0.6 is 0 Å². The summed E-state index contributed by atoms with van der Waals surface area (Å²) in [7, 11) is -1.70. The van der Waals surface area contributed by atoms with Crippen LogP contribution in [0.25, 0.3) is 0 Å². The predicted molar refractivity (Wildman–Crippen MR) is 77.2 cm³/mol. The smallest absolute Gasteiger partial charge is 0.214 e. The molecule has 0 saturated heterocycles. The van der Waals surface area contributed by atoms with Crippen LogP contribution in [0.15, 0.2) is 24.5 Å². The molecule has 1 heterocycles. The summed E-state index contributed by atoms with van der Waals surface area (Å²) in [6, 6.07) is 3.66. The second kappa shape index (κ2) is 6.45. The number of sulfonamides is 1. The maximum atomic E-state index is 12.3. The van der Waals surface area contributed by atoms with E-state index in [2.05, 4.69) is 4.98 Å². The minimum absolute atomic E-state index is 0.0864. The molecule has 1 rings (SSSR count). The van der Waals surface area contributed by atoms with E-state index >= 15 is 0 Å². The molecule has 1 aromatic heterocycles. The van der Waals surface area contributed by atoms with Gasteiger partial charge in [0.1, 0.15) is 0 Å². The Morgan fingerprint density at radius 1 is 1.37 bits per heavy atom. The molecule has 1 aromatic rings. The third-order valence-electron chi connectivity index (χ3n) is 3.78. The first-order valence-corrected chi connectivity index (χ1v) is 8.02. The first-order chi connectivity index (χ1) is 8.85. The number of pyridine rings is 1. The van der Waals surface area contributed by atoms with Crippen LogP contribution in [-0.2, 0) is 16.4 Å². The molecule has 1 unspecified atom stereocenters. The van der Waals surface area contributed by atoms with Crippen molar-refractivity contribution in [2.24, 2.45) is 5.73 Å². The molecule has 0 fully saturated rings. The van der Waals surface area contributed by atoms with Crippen molar-refractivity contribution in [3.05, 3.63) is 30.1 Å². The number of nitrogens with two attached hydrogens (primary N) is 1. The molecule has 19 heavy (non-hydrogen) atoms. The summed E-state index contributed by atoms with van der Waals surface area (Å²) in [6.07, 6.45) is 4.51. The molecular weight excluding hydrogens is 262 g/mol. The molecule has 108 valence electrons. The highest BCUT2D eigenvalue weighted by Gasteiger charge is 2.33. The average molecular weight is 285 g/mol. The normalized spacial score (nSPS) is 15.4. The van der Waals surface area contributed by atoms with E-state index in [4.69, 9.17) is 5.73 Å². The van der Waals surface area contributed by atoms with Crippen LogP contribution in [0, 0.1) is 0 Å². The lowest BCUT2D eigenvalue weighted by Gasteiger charge is -2.36. The lowest BCUT2D eigenvalue weighted by atomic mass is 10.00. The highest BCUT2D eigenvalue weighted by atomic mass is 32.2. The zero-order valence-electron chi connectivity index (χ0n) is 11.8. The monoisotopic (exact) mass is 285 g/mol. The van der Waals surface area contributed by atoms with E-state index in [9.17, 15) is 8.42 Å². The first-order valence-electron chi connectivity index (χ1n) is 6.41. The summed E-state index contributed by atoms with van der Waals surface area (Å²) in [4.78, 5) is 3.91. The first kappa shape index (κ1) is 16.1. The summed E-state index contributed by atoms with van der Waals surface area (Å²) < 4.78 is 26.1. The van der Waals surface area contributed by atoms with Gasteiger partial charge in [0.2, 0.25) is 10.0 Å². The van der Waals surface area contributed by atoms with E-state index in [1.54, 1.807) is 19.4 Å². The third-order valence-corrected chi connectivity index (χ3v) is 5.77. The van der Waals surface area contributed by atoms with E-state index in [1.807, 2.05) is 26.0 Å². The third kappa shape index (κ3) is 3.99. The van der Waals surface area contributed by atoms with Crippen LogP contribution in [-0.4, -0.2) is 42.6 Å². The van der Waals surface area contributed by atoms with Gasteiger partial charge in [-0.05, 0) is 37.5 Å². The summed E-state index contributed by atoms with van der Waals surface area (Å²) in [5.74, 6) is 0.0864. The molecule has 0 amide bonds. The minimum atomic E-state index is -3.31. The molecule has 0 aliphatic rings. The van der Waals surface area contributed by atoms with Crippen molar-refractivity contribution in [1.29, 1.82) is 0 Å². The van der Waals surface area contributed by atoms with Gasteiger partial charge in [-0.3, -0.25) is 4.98 Å². The molecule has 0 aromatic carbocycles.